The lowest BCUT2D eigenvalue weighted by Gasteiger charge is -2.38. The van der Waals surface area contributed by atoms with Gasteiger partial charge in [-0.25, -0.2) is 0 Å². The van der Waals surface area contributed by atoms with Crippen molar-refractivity contribution in [2.75, 3.05) is 39.3 Å². The van der Waals surface area contributed by atoms with Crippen molar-refractivity contribution in [2.24, 2.45) is 11.3 Å². The molecule has 158 valence electrons. The Morgan fingerprint density at radius 2 is 1.64 bits per heavy atom. The van der Waals surface area contributed by atoms with E-state index < -0.39 is 0 Å². The first kappa shape index (κ1) is 20.2. The van der Waals surface area contributed by atoms with Crippen LogP contribution in [0.2, 0.25) is 0 Å². The zero-order chi connectivity index (χ0) is 19.6. The molecule has 28 heavy (non-hydrogen) atoms. The third kappa shape index (κ3) is 4.39. The van der Waals surface area contributed by atoms with Crippen LogP contribution < -0.4 is 0 Å². The first-order valence-corrected chi connectivity index (χ1v) is 11.9. The van der Waals surface area contributed by atoms with Crippen molar-refractivity contribution in [1.82, 2.24) is 14.7 Å². The highest BCUT2D eigenvalue weighted by molar-refractivity contribution is 5.86. The van der Waals surface area contributed by atoms with E-state index in [2.05, 4.69) is 11.8 Å². The summed E-state index contributed by atoms with van der Waals surface area (Å²) in [5.74, 6) is 1.10. The van der Waals surface area contributed by atoms with Crippen molar-refractivity contribution >= 4 is 11.8 Å². The SMILES string of the molecule is CC(C1CCN(C(=O)CN2CC3(CCCCCC3)CC2=O)CC1)N1CCCC1. The lowest BCUT2D eigenvalue weighted by Crippen LogP contribution is -2.48. The maximum Gasteiger partial charge on any atom is 0.242 e. The minimum atomic E-state index is 0.172. The minimum absolute atomic E-state index is 0.172. The third-order valence-electron chi connectivity index (χ3n) is 8.19. The molecule has 1 saturated carbocycles. The van der Waals surface area contributed by atoms with Crippen LogP contribution in [0.1, 0.15) is 77.6 Å². The molecule has 0 aromatic carbocycles. The van der Waals surface area contributed by atoms with E-state index in [1.807, 2.05) is 9.80 Å². The van der Waals surface area contributed by atoms with Gasteiger partial charge in [0.25, 0.3) is 0 Å². The Balaban J connectivity index is 1.26. The van der Waals surface area contributed by atoms with Crippen molar-refractivity contribution in [3.8, 4) is 0 Å². The Labute approximate surface area is 170 Å². The van der Waals surface area contributed by atoms with Gasteiger partial charge in [0.15, 0.2) is 0 Å². The van der Waals surface area contributed by atoms with Crippen LogP contribution >= 0.6 is 0 Å². The summed E-state index contributed by atoms with van der Waals surface area (Å²) in [7, 11) is 0. The van der Waals surface area contributed by atoms with Gasteiger partial charge in [-0.2, -0.15) is 0 Å². The van der Waals surface area contributed by atoms with E-state index in [1.165, 1.54) is 64.5 Å². The summed E-state index contributed by atoms with van der Waals surface area (Å²) in [6.45, 7) is 7.75. The number of carbonyl (C=O) groups is 2. The molecule has 0 aromatic rings. The van der Waals surface area contributed by atoms with Gasteiger partial charge in [-0.15, -0.1) is 0 Å². The van der Waals surface area contributed by atoms with Crippen LogP contribution in [0.3, 0.4) is 0 Å². The fourth-order valence-electron chi connectivity index (χ4n) is 6.28. The molecular weight excluding hydrogens is 350 g/mol. The standard InChI is InChI=1S/C23H39N3O2/c1-19(24-12-6-7-13-24)20-8-14-25(15-9-20)22(28)17-26-18-23(16-21(26)27)10-4-2-3-5-11-23/h19-20H,2-18H2,1H3. The summed E-state index contributed by atoms with van der Waals surface area (Å²) in [6.07, 6.45) is 13.0. The first-order valence-electron chi connectivity index (χ1n) is 11.9. The monoisotopic (exact) mass is 389 g/mol. The first-order chi connectivity index (χ1) is 13.6. The van der Waals surface area contributed by atoms with E-state index in [-0.39, 0.29) is 17.2 Å². The molecule has 5 nitrogen and oxygen atoms in total. The van der Waals surface area contributed by atoms with Crippen molar-refractivity contribution in [3.63, 3.8) is 0 Å². The number of nitrogens with zero attached hydrogens (tertiary/aromatic N) is 3. The number of piperidine rings is 1. The van der Waals surface area contributed by atoms with Crippen LogP contribution in [0.4, 0.5) is 0 Å². The number of hydrogen-bond donors (Lipinski definition) is 0. The molecule has 0 N–H and O–H groups in total. The molecule has 1 aliphatic carbocycles. The van der Waals surface area contributed by atoms with Gasteiger partial charge in [0, 0.05) is 32.1 Å². The van der Waals surface area contributed by atoms with Crippen molar-refractivity contribution < 1.29 is 9.59 Å². The molecule has 0 aromatic heterocycles. The second kappa shape index (κ2) is 8.73. The molecule has 0 bridgehead atoms. The fraction of sp³-hybridized carbons (Fsp3) is 0.913. The van der Waals surface area contributed by atoms with E-state index in [4.69, 9.17) is 0 Å². The molecule has 1 spiro atoms. The van der Waals surface area contributed by atoms with Crippen LogP contribution in [0, 0.1) is 11.3 Å². The van der Waals surface area contributed by atoms with Crippen LogP contribution in [0.25, 0.3) is 0 Å². The molecule has 3 saturated heterocycles. The van der Waals surface area contributed by atoms with E-state index in [0.717, 1.165) is 32.5 Å². The number of likely N-dealkylation sites (tertiary alicyclic amines) is 3. The molecule has 3 aliphatic heterocycles. The van der Waals surface area contributed by atoms with Crippen LogP contribution in [-0.2, 0) is 9.59 Å². The maximum atomic E-state index is 12.9. The molecular formula is C23H39N3O2. The van der Waals surface area contributed by atoms with Crippen molar-refractivity contribution in [1.29, 1.82) is 0 Å². The Morgan fingerprint density at radius 3 is 2.29 bits per heavy atom. The summed E-state index contributed by atoms with van der Waals surface area (Å²) in [5.41, 5.74) is 0.173. The molecule has 5 heteroatoms. The average molecular weight is 390 g/mol. The van der Waals surface area contributed by atoms with Gasteiger partial charge in [-0.05, 0) is 69.9 Å². The zero-order valence-corrected chi connectivity index (χ0v) is 17.8. The zero-order valence-electron chi connectivity index (χ0n) is 17.8. The number of rotatable bonds is 4. The second-order valence-corrected chi connectivity index (χ2v) is 10.0. The average Bonchev–Trinajstić information content (AvgIpc) is 3.27. The third-order valence-corrected chi connectivity index (χ3v) is 8.19. The smallest absolute Gasteiger partial charge is 0.242 e. The van der Waals surface area contributed by atoms with Gasteiger partial charge in [0.05, 0.1) is 6.54 Å². The quantitative estimate of drug-likeness (QED) is 0.741. The van der Waals surface area contributed by atoms with Crippen LogP contribution in [-0.4, -0.2) is 71.8 Å². The highest BCUT2D eigenvalue weighted by Gasteiger charge is 2.43. The minimum Gasteiger partial charge on any atom is -0.341 e. The molecule has 4 aliphatic rings. The van der Waals surface area contributed by atoms with Gasteiger partial charge < -0.3 is 14.7 Å². The highest BCUT2D eigenvalue weighted by atomic mass is 16.2. The van der Waals surface area contributed by atoms with Gasteiger partial charge in [0.1, 0.15) is 0 Å². The highest BCUT2D eigenvalue weighted by Crippen LogP contribution is 2.43. The van der Waals surface area contributed by atoms with Gasteiger partial charge in [0.2, 0.25) is 11.8 Å². The fourth-order valence-corrected chi connectivity index (χ4v) is 6.28. The number of hydrogen-bond acceptors (Lipinski definition) is 3. The van der Waals surface area contributed by atoms with Gasteiger partial charge in [-0.3, -0.25) is 9.59 Å². The summed E-state index contributed by atoms with van der Waals surface area (Å²) in [6, 6.07) is 0.648. The normalized spacial score (nSPS) is 28.1. The van der Waals surface area contributed by atoms with Crippen molar-refractivity contribution in [3.05, 3.63) is 0 Å². The van der Waals surface area contributed by atoms with Gasteiger partial charge >= 0.3 is 0 Å². The van der Waals surface area contributed by atoms with Crippen LogP contribution in [0.15, 0.2) is 0 Å². The van der Waals surface area contributed by atoms with E-state index >= 15 is 0 Å². The number of carbonyl (C=O) groups excluding carboxylic acids is 2. The Kier molecular flexibility index (Phi) is 6.29. The molecule has 3 heterocycles. The largest absolute Gasteiger partial charge is 0.341 e. The van der Waals surface area contributed by atoms with Gasteiger partial charge in [-0.1, -0.05) is 25.7 Å². The number of amides is 2. The molecule has 4 fully saturated rings. The van der Waals surface area contributed by atoms with Crippen LogP contribution in [0.5, 0.6) is 0 Å². The molecule has 0 radical (unpaired) electrons. The van der Waals surface area contributed by atoms with E-state index in [9.17, 15) is 9.59 Å². The second-order valence-electron chi connectivity index (χ2n) is 10.0. The van der Waals surface area contributed by atoms with E-state index in [0.29, 0.717) is 24.9 Å². The predicted octanol–water partition coefficient (Wildman–Crippen LogP) is 3.28. The molecule has 1 atom stereocenters. The Hall–Kier alpha value is -1.10. The maximum absolute atomic E-state index is 12.9. The Morgan fingerprint density at radius 1 is 1.00 bits per heavy atom. The topological polar surface area (TPSA) is 43.9 Å². The Bertz CT molecular complexity index is 556. The molecule has 4 rings (SSSR count). The molecule has 2 amide bonds. The van der Waals surface area contributed by atoms with E-state index in [1.54, 1.807) is 0 Å². The summed E-state index contributed by atoms with van der Waals surface area (Å²) in [5, 5.41) is 0. The summed E-state index contributed by atoms with van der Waals surface area (Å²) < 4.78 is 0. The lowest BCUT2D eigenvalue weighted by atomic mass is 9.80. The lowest BCUT2D eigenvalue weighted by molar-refractivity contribution is -0.139. The summed E-state index contributed by atoms with van der Waals surface area (Å²) >= 11 is 0. The molecule has 1 unspecified atom stereocenters. The summed E-state index contributed by atoms with van der Waals surface area (Å²) in [4.78, 5) is 32.1. The predicted molar refractivity (Wildman–Crippen MR) is 111 cm³/mol. The van der Waals surface area contributed by atoms with Crippen molar-refractivity contribution in [2.45, 2.75) is 83.6 Å².